The number of aromatic nitrogens is 4. The van der Waals surface area contributed by atoms with Crippen LogP contribution in [-0.2, 0) is 20.6 Å². The van der Waals surface area contributed by atoms with Gasteiger partial charge in [-0.25, -0.2) is 4.39 Å². The van der Waals surface area contributed by atoms with Crippen LogP contribution >= 0.6 is 0 Å². The molecule has 29 heavy (non-hydrogen) atoms. The van der Waals surface area contributed by atoms with Gasteiger partial charge in [-0.05, 0) is 37.1 Å². The largest absolute Gasteiger partial charge is 0.348 e. The van der Waals surface area contributed by atoms with Gasteiger partial charge < -0.3 is 5.32 Å². The van der Waals surface area contributed by atoms with Gasteiger partial charge >= 0.3 is 0 Å². The van der Waals surface area contributed by atoms with Gasteiger partial charge in [-0.2, -0.15) is 10.2 Å². The van der Waals surface area contributed by atoms with Crippen molar-refractivity contribution < 1.29 is 9.18 Å². The Balaban J connectivity index is 1.33. The molecule has 2 aromatic heterocycles. The summed E-state index contributed by atoms with van der Waals surface area (Å²) < 4.78 is 17.5. The Hall–Kier alpha value is -3.00. The molecule has 1 saturated heterocycles. The molecule has 0 atom stereocenters. The highest BCUT2D eigenvalue weighted by atomic mass is 19.1. The second-order valence-corrected chi connectivity index (χ2v) is 7.52. The maximum absolute atomic E-state index is 14.0. The van der Waals surface area contributed by atoms with Crippen molar-refractivity contribution in [1.29, 1.82) is 0 Å². The van der Waals surface area contributed by atoms with Crippen LogP contribution in [0.25, 0.3) is 11.3 Å². The summed E-state index contributed by atoms with van der Waals surface area (Å²) in [5, 5.41) is 11.7. The summed E-state index contributed by atoms with van der Waals surface area (Å²) in [5.41, 5.74) is 2.66. The second-order valence-electron chi connectivity index (χ2n) is 7.52. The van der Waals surface area contributed by atoms with E-state index in [0.717, 1.165) is 38.2 Å². The van der Waals surface area contributed by atoms with Crippen LogP contribution in [0.15, 0.2) is 42.6 Å². The molecular weight excluding hydrogens is 371 g/mol. The smallest absolute Gasteiger partial charge is 0.271 e. The minimum atomic E-state index is -0.262. The molecule has 1 N–H and O–H groups in total. The predicted octanol–water partition coefficient (Wildman–Crippen LogP) is 2.35. The Bertz CT molecular complexity index is 1000. The van der Waals surface area contributed by atoms with Crippen molar-refractivity contribution in [2.45, 2.75) is 25.4 Å². The molecule has 3 aromatic rings. The van der Waals surface area contributed by atoms with Gasteiger partial charge in [-0.3, -0.25) is 19.1 Å². The van der Waals surface area contributed by atoms with E-state index in [1.54, 1.807) is 36.1 Å². The Labute approximate surface area is 169 Å². The van der Waals surface area contributed by atoms with Crippen LogP contribution in [0.3, 0.4) is 0 Å². The maximum atomic E-state index is 14.0. The number of aryl methyl sites for hydroxylation is 2. The lowest BCUT2D eigenvalue weighted by atomic mass is 10.0. The van der Waals surface area contributed by atoms with Gasteiger partial charge in [-0.1, -0.05) is 12.1 Å². The zero-order valence-corrected chi connectivity index (χ0v) is 16.7. The average molecular weight is 396 g/mol. The molecule has 1 aromatic carbocycles. The topological polar surface area (TPSA) is 68.0 Å². The van der Waals surface area contributed by atoms with Gasteiger partial charge in [0.2, 0.25) is 0 Å². The summed E-state index contributed by atoms with van der Waals surface area (Å²) in [6.07, 6.45) is 3.54. The Morgan fingerprint density at radius 2 is 1.93 bits per heavy atom. The van der Waals surface area contributed by atoms with Crippen LogP contribution in [0, 0.1) is 5.82 Å². The highest BCUT2D eigenvalue weighted by Crippen LogP contribution is 2.23. The number of carbonyl (C=O) groups excluding carboxylic acids is 1. The third kappa shape index (κ3) is 4.37. The molecule has 8 heteroatoms. The maximum Gasteiger partial charge on any atom is 0.271 e. The van der Waals surface area contributed by atoms with E-state index in [1.165, 1.54) is 6.07 Å². The first-order valence-electron chi connectivity index (χ1n) is 9.80. The fraction of sp³-hybridized carbons (Fsp3) is 0.381. The first-order chi connectivity index (χ1) is 14.0. The van der Waals surface area contributed by atoms with E-state index in [-0.39, 0.29) is 17.8 Å². The fourth-order valence-corrected chi connectivity index (χ4v) is 3.71. The van der Waals surface area contributed by atoms with Crippen LogP contribution in [0.4, 0.5) is 4.39 Å². The zero-order chi connectivity index (χ0) is 20.4. The fourth-order valence-electron chi connectivity index (χ4n) is 3.71. The van der Waals surface area contributed by atoms with Gasteiger partial charge in [-0.15, -0.1) is 0 Å². The molecule has 1 amide bonds. The van der Waals surface area contributed by atoms with E-state index in [9.17, 15) is 9.18 Å². The summed E-state index contributed by atoms with van der Waals surface area (Å²) in [7, 11) is 3.69. The van der Waals surface area contributed by atoms with Crippen molar-refractivity contribution in [3.8, 4) is 11.3 Å². The van der Waals surface area contributed by atoms with E-state index in [2.05, 4.69) is 20.4 Å². The molecule has 0 bridgehead atoms. The van der Waals surface area contributed by atoms with Crippen LogP contribution in [-0.4, -0.2) is 49.5 Å². The lowest BCUT2D eigenvalue weighted by Crippen LogP contribution is -2.44. The number of hydrogen-bond donors (Lipinski definition) is 1. The molecule has 0 saturated carbocycles. The number of piperidine rings is 1. The molecule has 0 unspecified atom stereocenters. The summed E-state index contributed by atoms with van der Waals surface area (Å²) in [6.45, 7) is 2.51. The van der Waals surface area contributed by atoms with Crippen molar-refractivity contribution in [1.82, 2.24) is 29.8 Å². The molecule has 3 heterocycles. The van der Waals surface area contributed by atoms with Crippen molar-refractivity contribution in [2.24, 2.45) is 14.1 Å². The highest BCUT2D eigenvalue weighted by molar-refractivity contribution is 5.92. The highest BCUT2D eigenvalue weighted by Gasteiger charge is 2.23. The van der Waals surface area contributed by atoms with Gasteiger partial charge in [0.1, 0.15) is 11.5 Å². The van der Waals surface area contributed by atoms with Gasteiger partial charge in [0, 0.05) is 51.5 Å². The number of hydrogen-bond acceptors (Lipinski definition) is 4. The number of amides is 1. The number of benzene rings is 1. The lowest BCUT2D eigenvalue weighted by Gasteiger charge is -2.32. The number of rotatable bonds is 5. The van der Waals surface area contributed by atoms with Crippen molar-refractivity contribution in [3.63, 3.8) is 0 Å². The number of carbonyl (C=O) groups is 1. The van der Waals surface area contributed by atoms with Crippen LogP contribution in [0.5, 0.6) is 0 Å². The quantitative estimate of drug-likeness (QED) is 0.719. The third-order valence-corrected chi connectivity index (χ3v) is 5.38. The number of halogens is 1. The second kappa shape index (κ2) is 8.16. The summed E-state index contributed by atoms with van der Waals surface area (Å²) >= 11 is 0. The molecule has 1 aliphatic rings. The molecule has 0 radical (unpaired) electrons. The van der Waals surface area contributed by atoms with E-state index in [4.69, 9.17) is 0 Å². The van der Waals surface area contributed by atoms with Crippen molar-refractivity contribution in [2.75, 3.05) is 13.1 Å². The van der Waals surface area contributed by atoms with Crippen molar-refractivity contribution in [3.05, 3.63) is 59.8 Å². The molecular formula is C21H25FN6O. The van der Waals surface area contributed by atoms with E-state index in [0.29, 0.717) is 17.0 Å². The minimum Gasteiger partial charge on any atom is -0.348 e. The first-order valence-corrected chi connectivity index (χ1v) is 9.80. The monoisotopic (exact) mass is 396 g/mol. The van der Waals surface area contributed by atoms with Crippen LogP contribution in [0.1, 0.15) is 29.0 Å². The number of nitrogens with zero attached hydrogens (tertiary/aromatic N) is 5. The molecule has 4 rings (SSSR count). The number of nitrogens with one attached hydrogen (secondary N) is 1. The standard InChI is InChI=1S/C21H25FN6O/c1-26-10-9-19(24-26)21(29)23-15-7-11-28(12-8-15)14-16-13-20(25-27(16)2)17-5-3-4-6-18(17)22/h3-6,9-10,13,15H,7-8,11-12,14H2,1-2H3,(H,23,29). The zero-order valence-electron chi connectivity index (χ0n) is 16.7. The predicted molar refractivity (Wildman–Crippen MR) is 108 cm³/mol. The SMILES string of the molecule is Cn1ccc(C(=O)NC2CCN(Cc3cc(-c4ccccc4F)nn3C)CC2)n1. The summed E-state index contributed by atoms with van der Waals surface area (Å²) in [6, 6.07) is 10.5. The third-order valence-electron chi connectivity index (χ3n) is 5.38. The van der Waals surface area contributed by atoms with Crippen LogP contribution < -0.4 is 5.32 Å². The number of likely N-dealkylation sites (tertiary alicyclic amines) is 1. The van der Waals surface area contributed by atoms with E-state index < -0.39 is 0 Å². The Morgan fingerprint density at radius 1 is 1.17 bits per heavy atom. The Morgan fingerprint density at radius 3 is 2.62 bits per heavy atom. The van der Waals surface area contributed by atoms with Crippen LogP contribution in [0.2, 0.25) is 0 Å². The van der Waals surface area contributed by atoms with Gasteiger partial charge in [0.25, 0.3) is 5.91 Å². The Kier molecular flexibility index (Phi) is 5.44. The lowest BCUT2D eigenvalue weighted by molar-refractivity contribution is 0.0902. The summed E-state index contributed by atoms with van der Waals surface area (Å²) in [5.74, 6) is -0.383. The molecule has 0 spiro atoms. The van der Waals surface area contributed by atoms with E-state index >= 15 is 0 Å². The summed E-state index contributed by atoms with van der Waals surface area (Å²) in [4.78, 5) is 14.6. The average Bonchev–Trinajstić information content (AvgIpc) is 3.30. The molecule has 7 nitrogen and oxygen atoms in total. The van der Waals surface area contributed by atoms with Gasteiger partial charge in [0.15, 0.2) is 0 Å². The minimum absolute atomic E-state index is 0.120. The molecule has 152 valence electrons. The molecule has 1 fully saturated rings. The molecule has 1 aliphatic heterocycles. The normalized spacial score (nSPS) is 15.6. The molecule has 0 aliphatic carbocycles. The van der Waals surface area contributed by atoms with E-state index in [1.807, 2.05) is 23.9 Å². The van der Waals surface area contributed by atoms with Crippen molar-refractivity contribution >= 4 is 5.91 Å². The first kappa shape index (κ1) is 19.3. The van der Waals surface area contributed by atoms with Gasteiger partial charge in [0.05, 0.1) is 11.4 Å².